The first-order valence-corrected chi connectivity index (χ1v) is 6.61. The first-order chi connectivity index (χ1) is 6.52. The van der Waals surface area contributed by atoms with E-state index < -0.39 is 6.10 Å². The average Bonchev–Trinajstić information content (AvgIpc) is 2.10. The van der Waals surface area contributed by atoms with Crippen LogP contribution in [-0.2, 0) is 4.52 Å². The standard InChI is InChI=1S/C9H18ClN2OP/c1-7(2)12(8(3)4)6-9(5-11)13-14-10/h7-9,14H,6H2,1-4H3. The molecule has 0 aliphatic rings. The van der Waals surface area contributed by atoms with Crippen LogP contribution in [0.3, 0.4) is 0 Å². The monoisotopic (exact) mass is 236 g/mol. The third-order valence-corrected chi connectivity index (χ3v) is 2.67. The quantitative estimate of drug-likeness (QED) is 0.666. The van der Waals surface area contributed by atoms with Gasteiger partial charge in [0, 0.05) is 18.6 Å². The van der Waals surface area contributed by atoms with Gasteiger partial charge >= 0.3 is 0 Å². The Morgan fingerprint density at radius 2 is 1.86 bits per heavy atom. The maximum Gasteiger partial charge on any atom is 0.162 e. The molecule has 5 heteroatoms. The van der Waals surface area contributed by atoms with E-state index in [1.165, 1.54) is 0 Å². The second-order valence-corrected chi connectivity index (χ2v) is 4.55. The molecule has 0 aromatic rings. The van der Waals surface area contributed by atoms with E-state index in [2.05, 4.69) is 38.7 Å². The van der Waals surface area contributed by atoms with Crippen LogP contribution in [0.25, 0.3) is 0 Å². The topological polar surface area (TPSA) is 36.3 Å². The molecule has 0 amide bonds. The zero-order valence-electron chi connectivity index (χ0n) is 9.12. The molecule has 0 aromatic carbocycles. The summed E-state index contributed by atoms with van der Waals surface area (Å²) in [6, 6.07) is 2.92. The van der Waals surface area contributed by atoms with Gasteiger partial charge in [0.05, 0.1) is 6.07 Å². The summed E-state index contributed by atoms with van der Waals surface area (Å²) in [4.78, 5) is 2.21. The van der Waals surface area contributed by atoms with Crippen molar-refractivity contribution >= 4 is 19.4 Å². The van der Waals surface area contributed by atoms with Crippen molar-refractivity contribution in [2.75, 3.05) is 6.54 Å². The molecule has 14 heavy (non-hydrogen) atoms. The summed E-state index contributed by atoms with van der Waals surface area (Å²) in [5, 5.41) is 8.81. The fourth-order valence-corrected chi connectivity index (χ4v) is 1.93. The van der Waals surface area contributed by atoms with Crippen molar-refractivity contribution in [3.63, 3.8) is 0 Å². The molecule has 2 unspecified atom stereocenters. The largest absolute Gasteiger partial charge is 0.327 e. The normalized spacial score (nSPS) is 14.5. The summed E-state index contributed by atoms with van der Waals surface area (Å²) in [7, 11) is -0.145. The van der Waals surface area contributed by atoms with Crippen LogP contribution >= 0.6 is 19.4 Å². The second kappa shape index (κ2) is 7.43. The van der Waals surface area contributed by atoms with Gasteiger partial charge in [0.2, 0.25) is 0 Å². The molecule has 0 heterocycles. The van der Waals surface area contributed by atoms with Gasteiger partial charge in [0.15, 0.2) is 6.10 Å². The zero-order valence-corrected chi connectivity index (χ0v) is 10.9. The lowest BCUT2D eigenvalue weighted by molar-refractivity contribution is 0.125. The molecule has 0 radical (unpaired) electrons. The fourth-order valence-electron chi connectivity index (χ4n) is 1.37. The van der Waals surface area contributed by atoms with Crippen molar-refractivity contribution in [2.24, 2.45) is 0 Å². The number of nitrogens with zero attached hydrogens (tertiary/aromatic N) is 2. The highest BCUT2D eigenvalue weighted by Gasteiger charge is 2.18. The van der Waals surface area contributed by atoms with Crippen LogP contribution in [0, 0.1) is 11.3 Å². The van der Waals surface area contributed by atoms with Gasteiger partial charge in [-0.1, -0.05) is 11.2 Å². The van der Waals surface area contributed by atoms with Gasteiger partial charge in [-0.3, -0.25) is 4.90 Å². The molecule has 0 N–H and O–H groups in total. The minimum Gasteiger partial charge on any atom is -0.327 e. The lowest BCUT2D eigenvalue weighted by Gasteiger charge is -2.31. The summed E-state index contributed by atoms with van der Waals surface area (Å²) in [5.74, 6) is 0. The molecule has 0 aliphatic carbocycles. The Hall–Kier alpha value is 0.130. The SMILES string of the molecule is CC(C)N(CC(C#N)OPCl)C(C)C. The Balaban J connectivity index is 4.20. The van der Waals surface area contributed by atoms with E-state index in [1.807, 2.05) is 0 Å². The molecular formula is C9H18ClN2OP. The van der Waals surface area contributed by atoms with Gasteiger partial charge in [-0.25, -0.2) is 0 Å². The number of nitriles is 1. The van der Waals surface area contributed by atoms with Gasteiger partial charge < -0.3 is 4.52 Å². The van der Waals surface area contributed by atoms with Crippen molar-refractivity contribution in [2.45, 2.75) is 45.9 Å². The van der Waals surface area contributed by atoms with Gasteiger partial charge in [0.1, 0.15) is 8.16 Å². The first-order valence-electron chi connectivity index (χ1n) is 4.69. The molecular weight excluding hydrogens is 219 g/mol. The Morgan fingerprint density at radius 1 is 1.36 bits per heavy atom. The van der Waals surface area contributed by atoms with Gasteiger partial charge in [-0.15, -0.1) is 0 Å². The number of hydrogen-bond donors (Lipinski definition) is 0. The molecule has 2 atom stereocenters. The first kappa shape index (κ1) is 14.1. The average molecular weight is 237 g/mol. The van der Waals surface area contributed by atoms with E-state index in [9.17, 15) is 0 Å². The smallest absolute Gasteiger partial charge is 0.162 e. The molecule has 3 nitrogen and oxygen atoms in total. The van der Waals surface area contributed by atoms with Crippen LogP contribution < -0.4 is 0 Å². The molecule has 0 spiro atoms. The van der Waals surface area contributed by atoms with Crippen LogP contribution in [-0.4, -0.2) is 29.6 Å². The third kappa shape index (κ3) is 5.12. The van der Waals surface area contributed by atoms with Crippen LogP contribution in [0.1, 0.15) is 27.7 Å². The summed E-state index contributed by atoms with van der Waals surface area (Å²) < 4.78 is 5.11. The van der Waals surface area contributed by atoms with Crippen molar-refractivity contribution in [1.29, 1.82) is 5.26 Å². The highest BCUT2D eigenvalue weighted by molar-refractivity contribution is 7.64. The minimum atomic E-state index is -0.421. The lowest BCUT2D eigenvalue weighted by atomic mass is 10.2. The summed E-state index contributed by atoms with van der Waals surface area (Å²) in [5.41, 5.74) is 0. The maximum absolute atomic E-state index is 8.81. The maximum atomic E-state index is 8.81. The van der Waals surface area contributed by atoms with Crippen molar-refractivity contribution in [1.82, 2.24) is 4.90 Å². The molecule has 0 rings (SSSR count). The van der Waals surface area contributed by atoms with Crippen LogP contribution in [0.15, 0.2) is 0 Å². The summed E-state index contributed by atoms with van der Waals surface area (Å²) >= 11 is 5.45. The molecule has 0 fully saturated rings. The highest BCUT2D eigenvalue weighted by atomic mass is 35.7. The number of rotatable bonds is 6. The van der Waals surface area contributed by atoms with E-state index in [0.717, 1.165) is 0 Å². The minimum absolute atomic E-state index is 0.145. The Labute approximate surface area is 93.0 Å². The van der Waals surface area contributed by atoms with Gasteiger partial charge in [-0.05, 0) is 27.7 Å². The van der Waals surface area contributed by atoms with E-state index in [4.69, 9.17) is 21.0 Å². The lowest BCUT2D eigenvalue weighted by Crippen LogP contribution is -2.42. The zero-order chi connectivity index (χ0) is 11.1. The number of halogens is 1. The molecule has 82 valence electrons. The van der Waals surface area contributed by atoms with Crippen LogP contribution in [0.5, 0.6) is 0 Å². The second-order valence-electron chi connectivity index (χ2n) is 3.70. The molecule has 0 saturated heterocycles. The van der Waals surface area contributed by atoms with Gasteiger partial charge in [-0.2, -0.15) is 5.26 Å². The van der Waals surface area contributed by atoms with E-state index in [-0.39, 0.29) is 8.16 Å². The number of hydrogen-bond acceptors (Lipinski definition) is 3. The van der Waals surface area contributed by atoms with Gasteiger partial charge in [0.25, 0.3) is 0 Å². The van der Waals surface area contributed by atoms with E-state index >= 15 is 0 Å². The highest BCUT2D eigenvalue weighted by Crippen LogP contribution is 2.21. The van der Waals surface area contributed by atoms with Crippen LogP contribution in [0.2, 0.25) is 0 Å². The molecule has 0 bridgehead atoms. The van der Waals surface area contributed by atoms with Crippen molar-refractivity contribution in [3.8, 4) is 6.07 Å². The third-order valence-electron chi connectivity index (χ3n) is 2.03. The van der Waals surface area contributed by atoms with E-state index in [1.54, 1.807) is 0 Å². The molecule has 0 aliphatic heterocycles. The summed E-state index contributed by atoms with van der Waals surface area (Å²) in [6.07, 6.45) is -0.421. The van der Waals surface area contributed by atoms with E-state index in [0.29, 0.717) is 18.6 Å². The molecule has 0 aromatic heterocycles. The Kier molecular flexibility index (Phi) is 7.49. The fraction of sp³-hybridized carbons (Fsp3) is 0.889. The predicted molar refractivity (Wildman–Crippen MR) is 61.6 cm³/mol. The predicted octanol–water partition coefficient (Wildman–Crippen LogP) is 2.76. The molecule has 0 saturated carbocycles. The van der Waals surface area contributed by atoms with Crippen molar-refractivity contribution in [3.05, 3.63) is 0 Å². The van der Waals surface area contributed by atoms with Crippen molar-refractivity contribution < 1.29 is 4.52 Å². The van der Waals surface area contributed by atoms with Crippen LogP contribution in [0.4, 0.5) is 0 Å². The summed E-state index contributed by atoms with van der Waals surface area (Å²) in [6.45, 7) is 9.05. The Morgan fingerprint density at radius 3 is 2.14 bits per heavy atom. The Bertz CT molecular complexity index is 186.